The standard InChI is InChI=1S/C16H24ClNO3/c1-4-16(5-2,11-19)18-15(20)9-7-12-6-8-14(21-3)13(17)10-12/h6,8,10,19H,4-5,7,9,11H2,1-3H3,(H,18,20). The third kappa shape index (κ3) is 4.90. The van der Waals surface area contributed by atoms with E-state index in [9.17, 15) is 9.90 Å². The summed E-state index contributed by atoms with van der Waals surface area (Å²) in [6.45, 7) is 3.88. The highest BCUT2D eigenvalue weighted by Gasteiger charge is 2.26. The number of ether oxygens (including phenoxy) is 1. The number of methoxy groups -OCH3 is 1. The fourth-order valence-electron chi connectivity index (χ4n) is 2.17. The van der Waals surface area contributed by atoms with E-state index in [4.69, 9.17) is 16.3 Å². The van der Waals surface area contributed by atoms with Crippen molar-refractivity contribution in [2.24, 2.45) is 0 Å². The fourth-order valence-corrected chi connectivity index (χ4v) is 2.45. The zero-order valence-corrected chi connectivity index (χ0v) is 13.7. The maximum Gasteiger partial charge on any atom is 0.220 e. The summed E-state index contributed by atoms with van der Waals surface area (Å²) >= 11 is 6.06. The maximum atomic E-state index is 12.0. The van der Waals surface area contributed by atoms with Gasteiger partial charge >= 0.3 is 0 Å². The maximum absolute atomic E-state index is 12.0. The minimum Gasteiger partial charge on any atom is -0.495 e. The number of hydrogen-bond acceptors (Lipinski definition) is 3. The summed E-state index contributed by atoms with van der Waals surface area (Å²) in [5.74, 6) is 0.570. The predicted octanol–water partition coefficient (Wildman–Crippen LogP) is 2.95. The number of aliphatic hydroxyl groups excluding tert-OH is 1. The van der Waals surface area contributed by atoms with Gasteiger partial charge in [-0.2, -0.15) is 0 Å². The van der Waals surface area contributed by atoms with Crippen LogP contribution in [-0.2, 0) is 11.2 Å². The van der Waals surface area contributed by atoms with Crippen LogP contribution in [0, 0.1) is 0 Å². The Balaban J connectivity index is 2.59. The van der Waals surface area contributed by atoms with Crippen LogP contribution in [-0.4, -0.2) is 30.3 Å². The van der Waals surface area contributed by atoms with E-state index in [0.717, 1.165) is 5.56 Å². The van der Waals surface area contributed by atoms with Crippen molar-refractivity contribution in [1.82, 2.24) is 5.32 Å². The summed E-state index contributed by atoms with van der Waals surface area (Å²) in [7, 11) is 1.57. The summed E-state index contributed by atoms with van der Waals surface area (Å²) < 4.78 is 5.10. The van der Waals surface area contributed by atoms with Gasteiger partial charge in [0.15, 0.2) is 0 Å². The van der Waals surface area contributed by atoms with Gasteiger partial charge in [-0.15, -0.1) is 0 Å². The molecular formula is C16H24ClNO3. The highest BCUT2D eigenvalue weighted by molar-refractivity contribution is 6.32. The van der Waals surface area contributed by atoms with Crippen LogP contribution in [0.2, 0.25) is 5.02 Å². The first kappa shape index (κ1) is 17.8. The molecule has 0 aromatic heterocycles. The first-order chi connectivity index (χ1) is 10.00. The molecule has 0 aliphatic carbocycles. The van der Waals surface area contributed by atoms with Gasteiger partial charge in [-0.25, -0.2) is 0 Å². The van der Waals surface area contributed by atoms with Gasteiger partial charge in [-0.3, -0.25) is 4.79 Å². The minimum absolute atomic E-state index is 0.0416. The Morgan fingerprint density at radius 1 is 1.38 bits per heavy atom. The van der Waals surface area contributed by atoms with Crippen LogP contribution < -0.4 is 10.1 Å². The second kappa shape index (κ2) is 8.25. The normalized spacial score (nSPS) is 11.3. The van der Waals surface area contributed by atoms with E-state index >= 15 is 0 Å². The quantitative estimate of drug-likeness (QED) is 0.776. The topological polar surface area (TPSA) is 58.6 Å². The molecule has 118 valence electrons. The molecule has 0 heterocycles. The van der Waals surface area contributed by atoms with Gasteiger partial charge in [0.25, 0.3) is 0 Å². The van der Waals surface area contributed by atoms with E-state index in [1.807, 2.05) is 26.0 Å². The molecular weight excluding hydrogens is 290 g/mol. The van der Waals surface area contributed by atoms with Crippen molar-refractivity contribution in [3.8, 4) is 5.75 Å². The van der Waals surface area contributed by atoms with Gasteiger partial charge in [0, 0.05) is 6.42 Å². The molecule has 0 spiro atoms. The summed E-state index contributed by atoms with van der Waals surface area (Å²) in [6, 6.07) is 5.51. The smallest absolute Gasteiger partial charge is 0.220 e. The number of nitrogens with one attached hydrogen (secondary N) is 1. The predicted molar refractivity (Wildman–Crippen MR) is 84.9 cm³/mol. The molecule has 21 heavy (non-hydrogen) atoms. The monoisotopic (exact) mass is 313 g/mol. The van der Waals surface area contributed by atoms with Crippen molar-refractivity contribution in [1.29, 1.82) is 0 Å². The van der Waals surface area contributed by atoms with Gasteiger partial charge in [-0.05, 0) is 37.0 Å². The van der Waals surface area contributed by atoms with Crippen molar-refractivity contribution in [2.45, 2.75) is 45.1 Å². The highest BCUT2D eigenvalue weighted by atomic mass is 35.5. The molecule has 0 unspecified atom stereocenters. The van der Waals surface area contributed by atoms with Gasteiger partial charge in [-0.1, -0.05) is 31.5 Å². The molecule has 5 heteroatoms. The van der Waals surface area contributed by atoms with Crippen LogP contribution in [0.1, 0.15) is 38.7 Å². The van der Waals surface area contributed by atoms with Crippen molar-refractivity contribution in [3.63, 3.8) is 0 Å². The molecule has 0 fully saturated rings. The van der Waals surface area contributed by atoms with E-state index < -0.39 is 5.54 Å². The van der Waals surface area contributed by atoms with Gasteiger partial charge < -0.3 is 15.2 Å². The third-order valence-corrected chi connectivity index (χ3v) is 4.21. The molecule has 0 atom stereocenters. The van der Waals surface area contributed by atoms with Crippen LogP contribution in [0.15, 0.2) is 18.2 Å². The zero-order valence-electron chi connectivity index (χ0n) is 12.9. The van der Waals surface area contributed by atoms with E-state index in [1.54, 1.807) is 13.2 Å². The number of carbonyl (C=O) groups is 1. The number of carbonyl (C=O) groups excluding carboxylic acids is 1. The molecule has 2 N–H and O–H groups in total. The first-order valence-corrected chi connectivity index (χ1v) is 7.62. The molecule has 1 aromatic carbocycles. The second-order valence-electron chi connectivity index (χ2n) is 5.16. The van der Waals surface area contributed by atoms with Crippen molar-refractivity contribution >= 4 is 17.5 Å². The number of rotatable bonds is 8. The lowest BCUT2D eigenvalue weighted by atomic mass is 9.93. The van der Waals surface area contributed by atoms with Gasteiger partial charge in [0.1, 0.15) is 5.75 Å². The molecule has 0 aliphatic rings. The van der Waals surface area contributed by atoms with Gasteiger partial charge in [0.05, 0.1) is 24.3 Å². The Morgan fingerprint density at radius 2 is 2.05 bits per heavy atom. The van der Waals surface area contributed by atoms with Crippen molar-refractivity contribution < 1.29 is 14.6 Å². The first-order valence-electron chi connectivity index (χ1n) is 7.24. The number of hydrogen-bond donors (Lipinski definition) is 2. The van der Waals surface area contributed by atoms with Crippen molar-refractivity contribution in [2.75, 3.05) is 13.7 Å². The van der Waals surface area contributed by atoms with Gasteiger partial charge in [0.2, 0.25) is 5.91 Å². The molecule has 0 radical (unpaired) electrons. The van der Waals surface area contributed by atoms with Crippen LogP contribution >= 0.6 is 11.6 Å². The Hall–Kier alpha value is -1.26. The number of halogens is 1. The molecule has 0 aliphatic heterocycles. The number of aryl methyl sites for hydroxylation is 1. The summed E-state index contributed by atoms with van der Waals surface area (Å²) in [5, 5.41) is 12.9. The molecule has 1 rings (SSSR count). The number of benzene rings is 1. The molecule has 4 nitrogen and oxygen atoms in total. The van der Waals surface area contributed by atoms with Crippen LogP contribution in [0.5, 0.6) is 5.75 Å². The molecule has 0 saturated carbocycles. The van der Waals surface area contributed by atoms with Crippen LogP contribution in [0.3, 0.4) is 0 Å². The Bertz CT molecular complexity index is 464. The lowest BCUT2D eigenvalue weighted by Crippen LogP contribution is -2.50. The minimum atomic E-state index is -0.505. The molecule has 0 bridgehead atoms. The molecule has 0 saturated heterocycles. The largest absolute Gasteiger partial charge is 0.495 e. The second-order valence-corrected chi connectivity index (χ2v) is 5.57. The van der Waals surface area contributed by atoms with Crippen LogP contribution in [0.25, 0.3) is 0 Å². The highest BCUT2D eigenvalue weighted by Crippen LogP contribution is 2.25. The van der Waals surface area contributed by atoms with E-state index in [-0.39, 0.29) is 12.5 Å². The third-order valence-electron chi connectivity index (χ3n) is 3.92. The summed E-state index contributed by atoms with van der Waals surface area (Å²) in [6.07, 6.45) is 2.38. The molecule has 1 amide bonds. The zero-order chi connectivity index (χ0) is 15.9. The lowest BCUT2D eigenvalue weighted by Gasteiger charge is -2.30. The average Bonchev–Trinajstić information content (AvgIpc) is 2.51. The lowest BCUT2D eigenvalue weighted by molar-refractivity contribution is -0.123. The Labute approximate surface area is 131 Å². The van der Waals surface area contributed by atoms with Crippen molar-refractivity contribution in [3.05, 3.63) is 28.8 Å². The van der Waals surface area contributed by atoms with Crippen LogP contribution in [0.4, 0.5) is 0 Å². The molecule has 1 aromatic rings. The Morgan fingerprint density at radius 3 is 2.52 bits per heavy atom. The SMILES string of the molecule is CCC(CC)(CO)NC(=O)CCc1ccc(OC)c(Cl)c1. The number of aliphatic hydroxyl groups is 1. The van der Waals surface area contributed by atoms with E-state index in [1.165, 1.54) is 0 Å². The number of amides is 1. The van der Waals surface area contributed by atoms with E-state index in [2.05, 4.69) is 5.32 Å². The summed E-state index contributed by atoms with van der Waals surface area (Å²) in [4.78, 5) is 12.0. The average molecular weight is 314 g/mol. The fraction of sp³-hybridized carbons (Fsp3) is 0.562. The summed E-state index contributed by atoms with van der Waals surface area (Å²) in [5.41, 5.74) is 0.479. The van der Waals surface area contributed by atoms with E-state index in [0.29, 0.717) is 36.5 Å². The Kier molecular flexibility index (Phi) is 6.99.